The number of halogens is 2. The monoisotopic (exact) mass is 565 g/mol. The van der Waals surface area contributed by atoms with Crippen molar-refractivity contribution in [3.05, 3.63) is 63.6 Å². The molecule has 8 heteroatoms. The number of carbonyl (C=O) groups is 2. The Bertz CT molecular complexity index is 1030. The Morgan fingerprint density at radius 2 is 1.94 bits per heavy atom. The fourth-order valence-electron chi connectivity index (χ4n) is 3.10. The lowest BCUT2D eigenvalue weighted by Gasteiger charge is -2.41. The first-order valence-corrected chi connectivity index (χ1v) is 12.3. The Morgan fingerprint density at radius 1 is 1.26 bits per heavy atom. The minimum Gasteiger partial charge on any atom is -0.486 e. The van der Waals surface area contributed by atoms with Crippen LogP contribution in [0.3, 0.4) is 0 Å². The quantitative estimate of drug-likeness (QED) is 0.324. The second-order valence-electron chi connectivity index (χ2n) is 7.84. The van der Waals surface area contributed by atoms with Crippen molar-refractivity contribution in [2.45, 2.75) is 37.3 Å². The zero-order valence-corrected chi connectivity index (χ0v) is 21.2. The average Bonchev–Trinajstić information content (AvgIpc) is 2.74. The van der Waals surface area contributed by atoms with Gasteiger partial charge in [-0.05, 0) is 56.3 Å². The van der Waals surface area contributed by atoms with E-state index in [2.05, 4.69) is 37.9 Å². The SMILES string of the molecule is C[C@H](CSC(=O)c1ccc(Br)cc1)C(=O)O[C@H]1c2cc(C#N)ccc2OC(C)(C)[C@@H]1Br. The van der Waals surface area contributed by atoms with Crippen molar-refractivity contribution < 1.29 is 19.1 Å². The number of ether oxygens (including phenoxy) is 2. The van der Waals surface area contributed by atoms with Gasteiger partial charge in [0.2, 0.25) is 5.12 Å². The Balaban J connectivity index is 1.70. The lowest BCUT2D eigenvalue weighted by molar-refractivity contribution is -0.156. The topological polar surface area (TPSA) is 76.4 Å². The number of hydrogen-bond acceptors (Lipinski definition) is 6. The van der Waals surface area contributed by atoms with E-state index in [9.17, 15) is 14.9 Å². The van der Waals surface area contributed by atoms with Gasteiger partial charge in [0, 0.05) is 21.4 Å². The summed E-state index contributed by atoms with van der Waals surface area (Å²) in [5.41, 5.74) is 1.08. The van der Waals surface area contributed by atoms with Crippen molar-refractivity contribution in [3.63, 3.8) is 0 Å². The first-order valence-electron chi connectivity index (χ1n) is 9.62. The molecule has 1 aliphatic heterocycles. The second-order valence-corrected chi connectivity index (χ2v) is 10.7. The van der Waals surface area contributed by atoms with Crippen molar-refractivity contribution in [1.29, 1.82) is 5.26 Å². The molecule has 2 aromatic carbocycles. The van der Waals surface area contributed by atoms with Crippen molar-refractivity contribution in [2.75, 3.05) is 5.75 Å². The third-order valence-corrected chi connectivity index (χ3v) is 8.21. The van der Waals surface area contributed by atoms with Gasteiger partial charge in [-0.25, -0.2) is 0 Å². The Morgan fingerprint density at radius 3 is 2.58 bits per heavy atom. The van der Waals surface area contributed by atoms with Gasteiger partial charge in [0.05, 0.1) is 22.4 Å². The molecule has 162 valence electrons. The molecule has 0 saturated carbocycles. The molecule has 0 N–H and O–H groups in total. The van der Waals surface area contributed by atoms with Crippen LogP contribution in [-0.4, -0.2) is 27.3 Å². The normalized spacial score (nSPS) is 20.0. The van der Waals surface area contributed by atoms with Gasteiger partial charge in [0.15, 0.2) is 0 Å². The van der Waals surface area contributed by atoms with Gasteiger partial charge in [0.25, 0.3) is 0 Å². The van der Waals surface area contributed by atoms with Crippen LogP contribution in [0.1, 0.15) is 48.4 Å². The standard InChI is InChI=1S/C23H21Br2NO4S/c1-13(12-31-22(28)15-5-7-16(24)8-6-15)21(27)29-19-17-10-14(11-26)4-9-18(17)30-23(2,3)20(19)25/h4-10,13,19-20H,12H2,1-3H3/t13-,19+,20-/m1/s1. The molecule has 0 amide bonds. The van der Waals surface area contributed by atoms with Crippen molar-refractivity contribution in [1.82, 2.24) is 0 Å². The zero-order chi connectivity index (χ0) is 22.8. The van der Waals surface area contributed by atoms with Crippen LogP contribution in [0.2, 0.25) is 0 Å². The second kappa shape index (κ2) is 9.76. The van der Waals surface area contributed by atoms with E-state index in [-0.39, 0.29) is 9.94 Å². The number of carbonyl (C=O) groups excluding carboxylic acids is 2. The van der Waals surface area contributed by atoms with E-state index >= 15 is 0 Å². The van der Waals surface area contributed by atoms with E-state index in [1.165, 1.54) is 0 Å². The van der Waals surface area contributed by atoms with Crippen LogP contribution in [0.15, 0.2) is 46.9 Å². The highest BCUT2D eigenvalue weighted by atomic mass is 79.9. The smallest absolute Gasteiger partial charge is 0.310 e. The molecular formula is C23H21Br2NO4S. The Labute approximate surface area is 202 Å². The summed E-state index contributed by atoms with van der Waals surface area (Å²) in [4.78, 5) is 24.9. The van der Waals surface area contributed by atoms with Gasteiger partial charge in [-0.1, -0.05) is 50.5 Å². The Kier molecular flexibility index (Phi) is 7.51. The molecule has 0 spiro atoms. The molecule has 2 aromatic rings. The molecule has 0 aliphatic carbocycles. The molecule has 3 rings (SSSR count). The van der Waals surface area contributed by atoms with Crippen LogP contribution in [0.25, 0.3) is 0 Å². The molecule has 0 fully saturated rings. The summed E-state index contributed by atoms with van der Waals surface area (Å²) in [5.74, 6) is -0.00237. The highest BCUT2D eigenvalue weighted by Gasteiger charge is 2.45. The summed E-state index contributed by atoms with van der Waals surface area (Å²) in [6, 6.07) is 14.3. The van der Waals surface area contributed by atoms with Crippen LogP contribution in [0.4, 0.5) is 0 Å². The van der Waals surface area contributed by atoms with Crippen LogP contribution in [-0.2, 0) is 9.53 Å². The number of hydrogen-bond donors (Lipinski definition) is 0. The van der Waals surface area contributed by atoms with Crippen molar-refractivity contribution in [3.8, 4) is 11.8 Å². The number of esters is 1. The molecule has 0 saturated heterocycles. The van der Waals surface area contributed by atoms with E-state index in [4.69, 9.17) is 9.47 Å². The van der Waals surface area contributed by atoms with Crippen molar-refractivity contribution >= 4 is 54.7 Å². The van der Waals surface area contributed by atoms with Gasteiger partial charge < -0.3 is 9.47 Å². The zero-order valence-electron chi connectivity index (χ0n) is 17.2. The maximum atomic E-state index is 12.8. The van der Waals surface area contributed by atoms with Crippen LogP contribution in [0, 0.1) is 17.2 Å². The van der Waals surface area contributed by atoms with Crippen LogP contribution >= 0.6 is 43.6 Å². The highest BCUT2D eigenvalue weighted by molar-refractivity contribution is 9.10. The van der Waals surface area contributed by atoms with E-state index < -0.39 is 23.6 Å². The molecule has 3 atom stereocenters. The van der Waals surface area contributed by atoms with Gasteiger partial charge >= 0.3 is 5.97 Å². The van der Waals surface area contributed by atoms with E-state index in [1.54, 1.807) is 37.3 Å². The summed E-state index contributed by atoms with van der Waals surface area (Å²) < 4.78 is 12.8. The van der Waals surface area contributed by atoms with Crippen molar-refractivity contribution in [2.24, 2.45) is 5.92 Å². The van der Waals surface area contributed by atoms with E-state index in [0.29, 0.717) is 28.2 Å². The largest absolute Gasteiger partial charge is 0.486 e. The number of rotatable bonds is 5. The lowest BCUT2D eigenvalue weighted by atomic mass is 9.90. The lowest BCUT2D eigenvalue weighted by Crippen LogP contribution is -2.47. The predicted molar refractivity (Wildman–Crippen MR) is 128 cm³/mol. The molecule has 0 radical (unpaired) electrons. The third-order valence-electron chi connectivity index (χ3n) is 4.94. The number of benzene rings is 2. The molecule has 31 heavy (non-hydrogen) atoms. The maximum Gasteiger partial charge on any atom is 0.310 e. The fraction of sp³-hybridized carbons (Fsp3) is 0.348. The predicted octanol–water partition coefficient (Wildman–Crippen LogP) is 6.05. The molecule has 1 aliphatic rings. The molecule has 0 unspecified atom stereocenters. The molecule has 0 bridgehead atoms. The summed E-state index contributed by atoms with van der Waals surface area (Å²) in [6.45, 7) is 5.56. The number of fused-ring (bicyclic) bond motifs is 1. The van der Waals surface area contributed by atoms with Gasteiger partial charge in [0.1, 0.15) is 17.5 Å². The summed E-state index contributed by atoms with van der Waals surface area (Å²) in [6.07, 6.45) is -0.617. The van der Waals surface area contributed by atoms with Gasteiger partial charge in [-0.15, -0.1) is 0 Å². The summed E-state index contributed by atoms with van der Waals surface area (Å²) >= 11 is 8.06. The fourth-order valence-corrected chi connectivity index (χ4v) is 4.69. The third kappa shape index (κ3) is 5.51. The average molecular weight is 567 g/mol. The molecular weight excluding hydrogens is 546 g/mol. The van der Waals surface area contributed by atoms with Gasteiger partial charge in [-0.3, -0.25) is 9.59 Å². The summed E-state index contributed by atoms with van der Waals surface area (Å²) in [5, 5.41) is 9.15. The number of nitriles is 1. The Hall–Kier alpha value is -1.82. The number of nitrogens with zero attached hydrogens (tertiary/aromatic N) is 1. The molecule has 5 nitrogen and oxygen atoms in total. The van der Waals surface area contributed by atoms with Crippen LogP contribution < -0.4 is 4.74 Å². The summed E-state index contributed by atoms with van der Waals surface area (Å²) in [7, 11) is 0. The molecule has 1 heterocycles. The van der Waals surface area contributed by atoms with Gasteiger partial charge in [-0.2, -0.15) is 5.26 Å². The number of thioether (sulfide) groups is 1. The maximum absolute atomic E-state index is 12.8. The van der Waals surface area contributed by atoms with E-state index in [1.807, 2.05) is 26.0 Å². The molecule has 0 aromatic heterocycles. The van der Waals surface area contributed by atoms with E-state index in [0.717, 1.165) is 16.2 Å². The minimum atomic E-state index is -0.623. The first kappa shape index (κ1) is 23.8. The van der Waals surface area contributed by atoms with Crippen LogP contribution in [0.5, 0.6) is 5.75 Å². The first-order chi connectivity index (χ1) is 14.6. The number of alkyl halides is 1. The minimum absolute atomic E-state index is 0.0956. The highest BCUT2D eigenvalue weighted by Crippen LogP contribution is 2.45.